The number of aromatic amines is 2. The van der Waals surface area contributed by atoms with Crippen LogP contribution in [0, 0.1) is 0 Å². The number of carboxylic acid groups (broad SMARTS) is 1. The second kappa shape index (κ2) is 7.47. The van der Waals surface area contributed by atoms with Gasteiger partial charge in [0.15, 0.2) is 0 Å². The molecule has 4 N–H and O–H groups in total. The van der Waals surface area contributed by atoms with Crippen molar-refractivity contribution in [3.05, 3.63) is 78.4 Å². The maximum atomic E-state index is 11.3. The van der Waals surface area contributed by atoms with Gasteiger partial charge in [-0.2, -0.15) is 0 Å². The average molecular weight is 360 g/mol. The van der Waals surface area contributed by atoms with Crippen molar-refractivity contribution in [2.75, 3.05) is 0 Å². The maximum Gasteiger partial charge on any atom is 0.305 e. The van der Waals surface area contributed by atoms with E-state index in [1.807, 2.05) is 54.7 Å². The summed E-state index contributed by atoms with van der Waals surface area (Å²) >= 11 is 0. The first-order valence-electron chi connectivity index (χ1n) is 8.81. The van der Waals surface area contributed by atoms with Crippen molar-refractivity contribution in [1.29, 1.82) is 0 Å². The van der Waals surface area contributed by atoms with E-state index in [2.05, 4.69) is 26.3 Å². The maximum absolute atomic E-state index is 11.3. The minimum absolute atomic E-state index is 0.0515. The summed E-state index contributed by atoms with van der Waals surface area (Å²) in [6.07, 6.45) is 3.64. The normalized spacial score (nSPS) is 12.3. The molecule has 0 saturated heterocycles. The Morgan fingerprint density at radius 2 is 1.89 bits per heavy atom. The van der Waals surface area contributed by atoms with E-state index in [9.17, 15) is 9.90 Å². The van der Waals surface area contributed by atoms with E-state index >= 15 is 0 Å². The number of fused-ring (bicyclic) bond motifs is 1. The smallest absolute Gasteiger partial charge is 0.305 e. The summed E-state index contributed by atoms with van der Waals surface area (Å²) in [6, 6.07) is 17.5. The van der Waals surface area contributed by atoms with Gasteiger partial charge in [-0.15, -0.1) is 0 Å². The van der Waals surface area contributed by atoms with Crippen LogP contribution in [0.5, 0.6) is 0 Å². The van der Waals surface area contributed by atoms with E-state index in [-0.39, 0.29) is 6.42 Å². The number of H-pyrrole nitrogens is 2. The number of carbonyl (C=O) groups is 1. The van der Waals surface area contributed by atoms with Crippen molar-refractivity contribution in [3.63, 3.8) is 0 Å². The number of hydrogen-bond donors (Lipinski definition) is 4. The van der Waals surface area contributed by atoms with E-state index in [4.69, 9.17) is 0 Å². The lowest BCUT2D eigenvalue weighted by Gasteiger charge is -2.14. The van der Waals surface area contributed by atoms with E-state index in [0.717, 1.165) is 27.7 Å². The molecule has 27 heavy (non-hydrogen) atoms. The van der Waals surface area contributed by atoms with Gasteiger partial charge < -0.3 is 20.4 Å². The highest BCUT2D eigenvalue weighted by Crippen LogP contribution is 2.22. The molecule has 0 aliphatic carbocycles. The SMILES string of the molecule is O=C(O)C[C@H](NCc1c[nH]c2ccccc12)c1ncc(-c2ccccc2)[nH]1. The van der Waals surface area contributed by atoms with E-state index in [0.29, 0.717) is 12.4 Å². The zero-order valence-corrected chi connectivity index (χ0v) is 14.6. The van der Waals surface area contributed by atoms with Crippen molar-refractivity contribution in [2.45, 2.75) is 19.0 Å². The summed E-state index contributed by atoms with van der Waals surface area (Å²) in [5, 5.41) is 13.8. The molecule has 2 aromatic carbocycles. The molecule has 0 unspecified atom stereocenters. The second-order valence-corrected chi connectivity index (χ2v) is 6.44. The molecule has 0 saturated carbocycles. The number of carboxylic acids is 1. The fourth-order valence-corrected chi connectivity index (χ4v) is 3.23. The molecule has 136 valence electrons. The zero-order valence-electron chi connectivity index (χ0n) is 14.6. The predicted molar refractivity (Wildman–Crippen MR) is 104 cm³/mol. The first kappa shape index (κ1) is 17.1. The minimum atomic E-state index is -0.871. The molecule has 0 spiro atoms. The van der Waals surface area contributed by atoms with Crippen molar-refractivity contribution < 1.29 is 9.90 Å². The van der Waals surface area contributed by atoms with Crippen LogP contribution < -0.4 is 5.32 Å². The Bertz CT molecular complexity index is 1050. The van der Waals surface area contributed by atoms with Gasteiger partial charge in [-0.25, -0.2) is 4.98 Å². The summed E-state index contributed by atoms with van der Waals surface area (Å²) in [7, 11) is 0. The molecule has 0 radical (unpaired) electrons. The Hall–Kier alpha value is -3.38. The molecule has 0 aliphatic rings. The monoisotopic (exact) mass is 360 g/mol. The number of rotatable bonds is 7. The second-order valence-electron chi connectivity index (χ2n) is 6.44. The molecule has 2 heterocycles. The van der Waals surface area contributed by atoms with Crippen LogP contribution in [0.4, 0.5) is 0 Å². The Labute approximate surface area is 156 Å². The van der Waals surface area contributed by atoms with Gasteiger partial charge in [-0.05, 0) is 17.2 Å². The van der Waals surface area contributed by atoms with Gasteiger partial charge in [0, 0.05) is 23.6 Å². The van der Waals surface area contributed by atoms with Gasteiger partial charge in [0.2, 0.25) is 0 Å². The summed E-state index contributed by atoms with van der Waals surface area (Å²) in [6.45, 7) is 0.545. The van der Waals surface area contributed by atoms with Gasteiger partial charge in [-0.3, -0.25) is 4.79 Å². The molecule has 0 fully saturated rings. The molecule has 4 rings (SSSR count). The lowest BCUT2D eigenvalue weighted by molar-refractivity contribution is -0.137. The van der Waals surface area contributed by atoms with E-state index in [1.165, 1.54) is 0 Å². The number of benzene rings is 2. The molecule has 6 nitrogen and oxygen atoms in total. The Balaban J connectivity index is 1.55. The summed E-state index contributed by atoms with van der Waals surface area (Å²) < 4.78 is 0. The largest absolute Gasteiger partial charge is 0.481 e. The van der Waals surface area contributed by atoms with Crippen LogP contribution in [0.25, 0.3) is 22.2 Å². The Morgan fingerprint density at radius 1 is 1.11 bits per heavy atom. The molecule has 0 aliphatic heterocycles. The third kappa shape index (κ3) is 3.75. The van der Waals surface area contributed by atoms with Crippen molar-refractivity contribution >= 4 is 16.9 Å². The Morgan fingerprint density at radius 3 is 2.70 bits per heavy atom. The van der Waals surface area contributed by atoms with Crippen LogP contribution in [0.15, 0.2) is 67.0 Å². The van der Waals surface area contributed by atoms with Crippen LogP contribution in [0.1, 0.15) is 23.9 Å². The van der Waals surface area contributed by atoms with Gasteiger partial charge in [-0.1, -0.05) is 48.5 Å². The summed E-state index contributed by atoms with van der Waals surface area (Å²) in [5.41, 5.74) is 4.04. The molecule has 1 atom stereocenters. The average Bonchev–Trinajstić information content (AvgIpc) is 3.33. The van der Waals surface area contributed by atoms with Gasteiger partial charge in [0.05, 0.1) is 24.4 Å². The number of para-hydroxylation sites is 1. The van der Waals surface area contributed by atoms with Crippen LogP contribution in [-0.4, -0.2) is 26.0 Å². The number of nitrogens with one attached hydrogen (secondary N) is 3. The van der Waals surface area contributed by atoms with Gasteiger partial charge in [0.25, 0.3) is 0 Å². The molecule has 0 amide bonds. The predicted octanol–water partition coefficient (Wildman–Crippen LogP) is 3.86. The number of aliphatic carboxylic acids is 1. The fraction of sp³-hybridized carbons (Fsp3) is 0.143. The van der Waals surface area contributed by atoms with E-state index in [1.54, 1.807) is 6.20 Å². The van der Waals surface area contributed by atoms with Crippen LogP contribution in [0.3, 0.4) is 0 Å². The lowest BCUT2D eigenvalue weighted by Crippen LogP contribution is -2.24. The zero-order chi connectivity index (χ0) is 18.6. The quantitative estimate of drug-likeness (QED) is 0.402. The van der Waals surface area contributed by atoms with Crippen molar-refractivity contribution in [1.82, 2.24) is 20.3 Å². The first-order valence-corrected chi connectivity index (χ1v) is 8.81. The van der Waals surface area contributed by atoms with Crippen LogP contribution in [-0.2, 0) is 11.3 Å². The van der Waals surface area contributed by atoms with Crippen LogP contribution in [0.2, 0.25) is 0 Å². The van der Waals surface area contributed by atoms with E-state index < -0.39 is 12.0 Å². The molecule has 2 aromatic heterocycles. The standard InChI is InChI=1S/C21H20N4O2/c26-20(27)10-18(21-24-13-19(25-21)14-6-2-1-3-7-14)23-12-15-11-22-17-9-5-4-8-16(15)17/h1-9,11,13,18,22-23H,10,12H2,(H,24,25)(H,26,27)/t18-/m0/s1. The number of imidazole rings is 1. The number of nitrogens with zero attached hydrogens (tertiary/aromatic N) is 1. The lowest BCUT2D eigenvalue weighted by atomic mass is 10.1. The topological polar surface area (TPSA) is 93.8 Å². The third-order valence-electron chi connectivity index (χ3n) is 4.60. The molecular formula is C21H20N4O2. The molecule has 0 bridgehead atoms. The number of hydrogen-bond acceptors (Lipinski definition) is 3. The van der Waals surface area contributed by atoms with Gasteiger partial charge >= 0.3 is 5.97 Å². The highest BCUT2D eigenvalue weighted by molar-refractivity contribution is 5.83. The third-order valence-corrected chi connectivity index (χ3v) is 4.60. The summed E-state index contributed by atoms with van der Waals surface area (Å²) in [4.78, 5) is 22.3. The first-order chi connectivity index (χ1) is 13.2. The molecule has 4 aromatic rings. The molecule has 6 heteroatoms. The van der Waals surface area contributed by atoms with Gasteiger partial charge in [0.1, 0.15) is 5.82 Å². The highest BCUT2D eigenvalue weighted by atomic mass is 16.4. The fourth-order valence-electron chi connectivity index (χ4n) is 3.23. The molecular weight excluding hydrogens is 340 g/mol. The number of aromatic nitrogens is 3. The van der Waals surface area contributed by atoms with Crippen LogP contribution >= 0.6 is 0 Å². The minimum Gasteiger partial charge on any atom is -0.481 e. The van der Waals surface area contributed by atoms with Crippen molar-refractivity contribution in [3.8, 4) is 11.3 Å². The highest BCUT2D eigenvalue weighted by Gasteiger charge is 2.19. The van der Waals surface area contributed by atoms with Crippen molar-refractivity contribution in [2.24, 2.45) is 0 Å². The summed E-state index contributed by atoms with van der Waals surface area (Å²) in [5.74, 6) is -0.250. The Kier molecular flexibility index (Phi) is 4.72.